The average Bonchev–Trinajstić information content (AvgIpc) is 2.37. The van der Waals surface area contributed by atoms with Crippen LogP contribution in [0.5, 0.6) is 5.75 Å². The third-order valence-electron chi connectivity index (χ3n) is 2.86. The van der Waals surface area contributed by atoms with Crippen LogP contribution in [0.3, 0.4) is 0 Å². The molecule has 0 heterocycles. The van der Waals surface area contributed by atoms with Crippen molar-refractivity contribution in [1.29, 1.82) is 0 Å². The molecule has 0 saturated heterocycles. The molecule has 0 bridgehead atoms. The fraction of sp³-hybridized carbons (Fsp3) is 0.250. The lowest BCUT2D eigenvalue weighted by Crippen LogP contribution is -2.21. The summed E-state index contributed by atoms with van der Waals surface area (Å²) in [6, 6.07) is 14.8. The van der Waals surface area contributed by atoms with Crippen molar-refractivity contribution in [1.82, 2.24) is 0 Å². The van der Waals surface area contributed by atoms with Crippen LogP contribution < -0.4 is 9.46 Å². The number of ether oxygens (including phenoxy) is 1. The van der Waals surface area contributed by atoms with Crippen molar-refractivity contribution in [2.24, 2.45) is 0 Å². The van der Waals surface area contributed by atoms with Crippen molar-refractivity contribution in [2.75, 3.05) is 17.1 Å². The van der Waals surface area contributed by atoms with Gasteiger partial charge in [-0.25, -0.2) is 8.42 Å². The topological polar surface area (TPSA) is 55.4 Å². The number of hydrogen-bond acceptors (Lipinski definition) is 3. The van der Waals surface area contributed by atoms with Crippen molar-refractivity contribution < 1.29 is 13.2 Å². The summed E-state index contributed by atoms with van der Waals surface area (Å²) in [4.78, 5) is 0. The zero-order valence-corrected chi connectivity index (χ0v) is 13.0. The van der Waals surface area contributed by atoms with Crippen LogP contribution in [0.4, 0.5) is 5.69 Å². The highest BCUT2D eigenvalue weighted by Crippen LogP contribution is 2.15. The highest BCUT2D eigenvalue weighted by atomic mass is 32.2. The number of benzene rings is 2. The van der Waals surface area contributed by atoms with Crippen molar-refractivity contribution in [2.45, 2.75) is 13.8 Å². The maximum Gasteiger partial charge on any atom is 0.236 e. The molecule has 0 aliphatic carbocycles. The molecule has 0 radical (unpaired) electrons. The largest absolute Gasteiger partial charge is 0.492 e. The summed E-state index contributed by atoms with van der Waals surface area (Å²) in [5, 5.41) is 0. The van der Waals surface area contributed by atoms with Gasteiger partial charge in [0, 0.05) is 5.69 Å². The molecule has 21 heavy (non-hydrogen) atoms. The van der Waals surface area contributed by atoms with E-state index >= 15 is 0 Å². The highest BCUT2D eigenvalue weighted by molar-refractivity contribution is 7.92. The van der Waals surface area contributed by atoms with Gasteiger partial charge in [-0.2, -0.15) is 0 Å². The number of anilines is 1. The minimum atomic E-state index is -3.41. The summed E-state index contributed by atoms with van der Waals surface area (Å²) in [7, 11) is -3.41. The normalized spacial score (nSPS) is 11.1. The first-order valence-electron chi connectivity index (χ1n) is 6.71. The molecular weight excluding hydrogens is 286 g/mol. The summed E-state index contributed by atoms with van der Waals surface area (Å²) >= 11 is 0. The summed E-state index contributed by atoms with van der Waals surface area (Å²) in [6.45, 7) is 3.98. The van der Waals surface area contributed by atoms with E-state index in [1.807, 2.05) is 50.2 Å². The molecule has 5 heteroatoms. The second-order valence-electron chi connectivity index (χ2n) is 4.96. The number of rotatable bonds is 6. The molecule has 0 spiro atoms. The zero-order valence-electron chi connectivity index (χ0n) is 12.2. The van der Waals surface area contributed by atoms with Gasteiger partial charge in [0.05, 0.1) is 0 Å². The fourth-order valence-electron chi connectivity index (χ4n) is 2.05. The highest BCUT2D eigenvalue weighted by Gasteiger charge is 2.11. The van der Waals surface area contributed by atoms with E-state index in [2.05, 4.69) is 4.72 Å². The smallest absolute Gasteiger partial charge is 0.236 e. The maximum atomic E-state index is 12.0. The first-order valence-corrected chi connectivity index (χ1v) is 8.36. The predicted octanol–water partition coefficient (Wildman–Crippen LogP) is 3.12. The summed E-state index contributed by atoms with van der Waals surface area (Å²) in [5.41, 5.74) is 2.63. The molecule has 0 fully saturated rings. The van der Waals surface area contributed by atoms with Crippen LogP contribution in [-0.2, 0) is 10.0 Å². The van der Waals surface area contributed by atoms with E-state index in [4.69, 9.17) is 4.74 Å². The van der Waals surface area contributed by atoms with Crippen molar-refractivity contribution in [3.05, 3.63) is 59.7 Å². The lowest BCUT2D eigenvalue weighted by molar-refractivity contribution is 0.341. The average molecular weight is 305 g/mol. The molecule has 4 nitrogen and oxygen atoms in total. The van der Waals surface area contributed by atoms with E-state index in [1.54, 1.807) is 12.1 Å². The van der Waals surface area contributed by atoms with Crippen LogP contribution in [0.25, 0.3) is 0 Å². The van der Waals surface area contributed by atoms with Gasteiger partial charge in [-0.05, 0) is 49.2 Å². The van der Waals surface area contributed by atoms with Gasteiger partial charge in [0.25, 0.3) is 0 Å². The van der Waals surface area contributed by atoms with Crippen LogP contribution >= 0.6 is 0 Å². The second kappa shape index (κ2) is 6.63. The molecular formula is C16H19NO3S. The van der Waals surface area contributed by atoms with Crippen LogP contribution in [0.2, 0.25) is 0 Å². The van der Waals surface area contributed by atoms with Crippen LogP contribution in [0.1, 0.15) is 11.1 Å². The first kappa shape index (κ1) is 15.4. The minimum absolute atomic E-state index is 0.0884. The Morgan fingerprint density at radius 1 is 1.00 bits per heavy atom. The van der Waals surface area contributed by atoms with Gasteiger partial charge in [-0.3, -0.25) is 4.72 Å². The van der Waals surface area contributed by atoms with Crippen LogP contribution in [-0.4, -0.2) is 20.8 Å². The number of hydrogen-bond donors (Lipinski definition) is 1. The van der Waals surface area contributed by atoms with E-state index < -0.39 is 10.0 Å². The Labute approximate surface area is 125 Å². The van der Waals surface area contributed by atoms with Gasteiger partial charge in [0.1, 0.15) is 18.1 Å². The Hall–Kier alpha value is -2.01. The summed E-state index contributed by atoms with van der Waals surface area (Å²) in [5.74, 6) is 0.577. The molecule has 0 atom stereocenters. The van der Waals surface area contributed by atoms with Gasteiger partial charge in [0.2, 0.25) is 10.0 Å². The fourth-order valence-corrected chi connectivity index (χ4v) is 2.93. The number of sulfonamides is 1. The van der Waals surface area contributed by atoms with E-state index in [-0.39, 0.29) is 12.4 Å². The standard InChI is InChI=1S/C16H19NO3S/c1-13-10-14(2)12-15(11-13)17-21(18,19)9-8-20-16-6-4-3-5-7-16/h3-7,10-12,17H,8-9H2,1-2H3. The number of aryl methyl sites for hydroxylation is 2. The van der Waals surface area contributed by atoms with Crippen molar-refractivity contribution >= 4 is 15.7 Å². The van der Waals surface area contributed by atoms with Gasteiger partial charge in [0.15, 0.2) is 0 Å². The molecule has 0 aliphatic heterocycles. The van der Waals surface area contributed by atoms with Gasteiger partial charge < -0.3 is 4.74 Å². The Bertz CT molecular complexity index is 676. The Kier molecular flexibility index (Phi) is 4.85. The Morgan fingerprint density at radius 3 is 2.24 bits per heavy atom. The SMILES string of the molecule is Cc1cc(C)cc(NS(=O)(=O)CCOc2ccccc2)c1. The molecule has 112 valence electrons. The summed E-state index contributed by atoms with van der Waals surface area (Å²) < 4.78 is 32.0. The Morgan fingerprint density at radius 2 is 1.62 bits per heavy atom. The molecule has 2 rings (SSSR count). The summed E-state index contributed by atoms with van der Waals surface area (Å²) in [6.07, 6.45) is 0. The monoisotopic (exact) mass is 305 g/mol. The van der Waals surface area contributed by atoms with Crippen molar-refractivity contribution in [3.8, 4) is 5.75 Å². The number of para-hydroxylation sites is 1. The van der Waals surface area contributed by atoms with Gasteiger partial charge in [-0.15, -0.1) is 0 Å². The van der Waals surface area contributed by atoms with E-state index in [1.165, 1.54) is 0 Å². The van der Waals surface area contributed by atoms with Gasteiger partial charge >= 0.3 is 0 Å². The molecule has 0 aromatic heterocycles. The molecule has 0 unspecified atom stereocenters. The molecule has 2 aromatic carbocycles. The minimum Gasteiger partial charge on any atom is -0.492 e. The van der Waals surface area contributed by atoms with Crippen molar-refractivity contribution in [3.63, 3.8) is 0 Å². The quantitative estimate of drug-likeness (QED) is 0.892. The van der Waals surface area contributed by atoms with Gasteiger partial charge in [-0.1, -0.05) is 24.3 Å². The van der Waals surface area contributed by atoms with Crippen LogP contribution in [0, 0.1) is 13.8 Å². The van der Waals surface area contributed by atoms with E-state index in [0.29, 0.717) is 11.4 Å². The predicted molar refractivity (Wildman–Crippen MR) is 85.3 cm³/mol. The molecule has 2 aromatic rings. The Balaban J connectivity index is 1.93. The van der Waals surface area contributed by atoms with E-state index in [0.717, 1.165) is 11.1 Å². The lowest BCUT2D eigenvalue weighted by Gasteiger charge is -2.10. The second-order valence-corrected chi connectivity index (χ2v) is 6.80. The maximum absolute atomic E-state index is 12.0. The molecule has 0 saturated carbocycles. The third-order valence-corrected chi connectivity index (χ3v) is 4.11. The van der Waals surface area contributed by atoms with Crippen LogP contribution in [0.15, 0.2) is 48.5 Å². The van der Waals surface area contributed by atoms with E-state index in [9.17, 15) is 8.42 Å². The molecule has 1 N–H and O–H groups in total. The number of nitrogens with one attached hydrogen (secondary N) is 1. The molecule has 0 amide bonds. The first-order chi connectivity index (χ1) is 9.94. The zero-order chi connectivity index (χ0) is 15.3. The lowest BCUT2D eigenvalue weighted by atomic mass is 10.1. The third kappa shape index (κ3) is 5.11. The molecule has 0 aliphatic rings.